The molecule has 126 valence electrons. The molecule has 0 aromatic carbocycles. The third-order valence-electron chi connectivity index (χ3n) is 4.10. The summed E-state index contributed by atoms with van der Waals surface area (Å²) in [6.07, 6.45) is 4.25. The number of halogens is 1. The number of carbonyl (C=O) groups excluding carboxylic acids is 1. The van der Waals surface area contributed by atoms with Gasteiger partial charge in [-0.2, -0.15) is 4.98 Å². The number of aromatic nitrogens is 2. The van der Waals surface area contributed by atoms with Crippen molar-refractivity contribution in [3.05, 3.63) is 35.9 Å². The first kappa shape index (κ1) is 17.5. The Labute approximate surface area is 140 Å². The van der Waals surface area contributed by atoms with Gasteiger partial charge in [0, 0.05) is 0 Å². The van der Waals surface area contributed by atoms with Crippen LogP contribution in [-0.4, -0.2) is 16.0 Å². The first-order chi connectivity index (χ1) is 10.5. The summed E-state index contributed by atoms with van der Waals surface area (Å²) >= 11 is 0. The number of amides is 1. The van der Waals surface area contributed by atoms with Crippen LogP contribution in [0.2, 0.25) is 0 Å². The predicted octanol–water partition coefficient (Wildman–Crippen LogP) is 2.55. The van der Waals surface area contributed by atoms with Gasteiger partial charge in [-0.25, -0.2) is 0 Å². The highest BCUT2D eigenvalue weighted by molar-refractivity contribution is 5.91. The van der Waals surface area contributed by atoms with Gasteiger partial charge in [-0.1, -0.05) is 19.0 Å². The maximum absolute atomic E-state index is 12.1. The summed E-state index contributed by atoms with van der Waals surface area (Å²) in [5.74, 6) is 0.921. The van der Waals surface area contributed by atoms with Gasteiger partial charge < -0.3 is 20.0 Å². The van der Waals surface area contributed by atoms with Crippen molar-refractivity contribution in [1.29, 1.82) is 0 Å². The first-order valence-corrected chi connectivity index (χ1v) is 7.47. The molecule has 1 aliphatic carbocycles. The fourth-order valence-electron chi connectivity index (χ4n) is 2.48. The van der Waals surface area contributed by atoms with Crippen LogP contribution in [0.3, 0.4) is 0 Å². The van der Waals surface area contributed by atoms with E-state index in [-0.39, 0.29) is 36.0 Å². The average molecular weight is 341 g/mol. The summed E-state index contributed by atoms with van der Waals surface area (Å²) in [6.45, 7) is 3.94. The first-order valence-electron chi connectivity index (χ1n) is 7.47. The normalized spacial score (nSPS) is 17.2. The highest BCUT2D eigenvalue weighted by atomic mass is 35.5. The Hall–Kier alpha value is -1.86. The summed E-state index contributed by atoms with van der Waals surface area (Å²) in [5.41, 5.74) is 5.73. The highest BCUT2D eigenvalue weighted by Crippen LogP contribution is 2.37. The number of furan rings is 1. The van der Waals surface area contributed by atoms with Gasteiger partial charge >= 0.3 is 0 Å². The Morgan fingerprint density at radius 1 is 1.43 bits per heavy atom. The zero-order valence-corrected chi connectivity index (χ0v) is 13.9. The van der Waals surface area contributed by atoms with Gasteiger partial charge in [0.1, 0.15) is 6.04 Å². The minimum Gasteiger partial charge on any atom is -0.459 e. The maximum Gasteiger partial charge on any atom is 0.287 e. The summed E-state index contributed by atoms with van der Waals surface area (Å²) in [5, 5.41) is 6.86. The molecule has 8 heteroatoms. The fraction of sp³-hybridized carbons (Fsp3) is 0.533. The van der Waals surface area contributed by atoms with Crippen molar-refractivity contribution in [3.63, 3.8) is 0 Å². The van der Waals surface area contributed by atoms with Crippen LogP contribution in [0.25, 0.3) is 0 Å². The van der Waals surface area contributed by atoms with Crippen molar-refractivity contribution in [2.75, 3.05) is 0 Å². The number of carbonyl (C=O) groups is 1. The minimum absolute atomic E-state index is 0. The maximum atomic E-state index is 12.1. The molecule has 0 radical (unpaired) electrons. The van der Waals surface area contributed by atoms with Crippen LogP contribution in [0.1, 0.15) is 61.4 Å². The number of nitrogens with one attached hydrogen (secondary N) is 1. The number of nitrogens with zero attached hydrogens (tertiary/aromatic N) is 2. The van der Waals surface area contributed by atoms with E-state index in [9.17, 15) is 4.79 Å². The van der Waals surface area contributed by atoms with Crippen molar-refractivity contribution >= 4 is 18.3 Å². The van der Waals surface area contributed by atoms with Gasteiger partial charge in [0.15, 0.2) is 11.6 Å². The lowest BCUT2D eigenvalue weighted by atomic mass is 9.77. The van der Waals surface area contributed by atoms with Crippen LogP contribution in [0, 0.1) is 5.92 Å². The highest BCUT2D eigenvalue weighted by Gasteiger charge is 2.40. The molecule has 1 unspecified atom stereocenters. The third kappa shape index (κ3) is 3.40. The molecule has 23 heavy (non-hydrogen) atoms. The number of hydrogen-bond acceptors (Lipinski definition) is 6. The lowest BCUT2D eigenvalue weighted by Gasteiger charge is -2.34. The van der Waals surface area contributed by atoms with E-state index in [1.54, 1.807) is 12.1 Å². The van der Waals surface area contributed by atoms with Crippen LogP contribution in [0.5, 0.6) is 0 Å². The van der Waals surface area contributed by atoms with Crippen molar-refractivity contribution in [1.82, 2.24) is 15.5 Å². The smallest absolute Gasteiger partial charge is 0.287 e. The van der Waals surface area contributed by atoms with Crippen molar-refractivity contribution in [3.8, 4) is 0 Å². The van der Waals surface area contributed by atoms with Crippen LogP contribution >= 0.6 is 12.4 Å². The van der Waals surface area contributed by atoms with E-state index in [1.165, 1.54) is 6.26 Å². The summed E-state index contributed by atoms with van der Waals surface area (Å²) in [7, 11) is 0. The van der Waals surface area contributed by atoms with Crippen molar-refractivity contribution in [2.24, 2.45) is 11.7 Å². The molecule has 1 amide bonds. The molecular weight excluding hydrogens is 320 g/mol. The van der Waals surface area contributed by atoms with Crippen LogP contribution < -0.4 is 11.1 Å². The molecule has 7 nitrogen and oxygen atoms in total. The third-order valence-corrected chi connectivity index (χ3v) is 4.10. The molecule has 2 aromatic heterocycles. The van der Waals surface area contributed by atoms with E-state index in [4.69, 9.17) is 14.7 Å². The molecular formula is C15H21ClN4O3. The molecule has 1 fully saturated rings. The largest absolute Gasteiger partial charge is 0.459 e. The summed E-state index contributed by atoms with van der Waals surface area (Å²) in [4.78, 5) is 16.6. The van der Waals surface area contributed by atoms with Crippen molar-refractivity contribution < 1.29 is 13.7 Å². The molecule has 2 aromatic rings. The Bertz CT molecular complexity index is 649. The molecule has 0 bridgehead atoms. The summed E-state index contributed by atoms with van der Waals surface area (Å²) < 4.78 is 10.4. The van der Waals surface area contributed by atoms with Crippen LogP contribution in [0.15, 0.2) is 27.3 Å². The second-order valence-electron chi connectivity index (χ2n) is 6.14. The molecule has 0 aliphatic heterocycles. The second-order valence-corrected chi connectivity index (χ2v) is 6.14. The van der Waals surface area contributed by atoms with Crippen molar-refractivity contribution in [2.45, 2.75) is 44.7 Å². The molecule has 0 saturated heterocycles. The Kier molecular flexibility index (Phi) is 5.11. The topological polar surface area (TPSA) is 107 Å². The number of nitrogens with two attached hydrogens (primary N) is 1. The van der Waals surface area contributed by atoms with Gasteiger partial charge in [0.25, 0.3) is 5.91 Å². The predicted molar refractivity (Wildman–Crippen MR) is 85.0 cm³/mol. The molecule has 3 N–H and O–H groups in total. The Balaban J connectivity index is 0.00000192. The number of hydrogen-bond donors (Lipinski definition) is 2. The van der Waals surface area contributed by atoms with Gasteiger partial charge in [-0.05, 0) is 37.3 Å². The van der Waals surface area contributed by atoms with E-state index in [0.29, 0.717) is 11.7 Å². The standard InChI is InChI=1S/C15H20N4O3.ClH/c1-9(2)11(17-12(20)10-5-3-8-21-10)13-18-14(19-22-13)15(16)6-4-7-15;/h3,5,8-9,11H,4,6-7,16H2,1-2H3,(H,17,20);1H. The van der Waals surface area contributed by atoms with Gasteiger partial charge in [0.05, 0.1) is 11.8 Å². The summed E-state index contributed by atoms with van der Waals surface area (Å²) in [6, 6.07) is 2.89. The minimum atomic E-state index is -0.478. The lowest BCUT2D eigenvalue weighted by Crippen LogP contribution is -2.44. The lowest BCUT2D eigenvalue weighted by molar-refractivity contribution is 0.0885. The molecule has 1 saturated carbocycles. The molecule has 1 atom stereocenters. The van der Waals surface area contributed by atoms with Crippen LogP contribution in [-0.2, 0) is 5.54 Å². The molecule has 0 spiro atoms. The van der Waals surface area contributed by atoms with E-state index >= 15 is 0 Å². The monoisotopic (exact) mass is 340 g/mol. The van der Waals surface area contributed by atoms with E-state index < -0.39 is 5.54 Å². The van der Waals surface area contributed by atoms with E-state index in [2.05, 4.69) is 15.5 Å². The average Bonchev–Trinajstić information content (AvgIpc) is 3.12. The molecule has 2 heterocycles. The quantitative estimate of drug-likeness (QED) is 0.866. The van der Waals surface area contributed by atoms with Crippen LogP contribution in [0.4, 0.5) is 0 Å². The van der Waals surface area contributed by atoms with E-state index in [0.717, 1.165) is 19.3 Å². The van der Waals surface area contributed by atoms with Gasteiger partial charge in [-0.3, -0.25) is 4.79 Å². The fourth-order valence-corrected chi connectivity index (χ4v) is 2.48. The molecule has 1 aliphatic rings. The Morgan fingerprint density at radius 3 is 2.70 bits per heavy atom. The Morgan fingerprint density at radius 2 is 2.17 bits per heavy atom. The zero-order valence-electron chi connectivity index (χ0n) is 13.1. The zero-order chi connectivity index (χ0) is 15.7. The number of rotatable bonds is 5. The van der Waals surface area contributed by atoms with E-state index in [1.807, 2.05) is 13.8 Å². The van der Waals surface area contributed by atoms with Gasteiger partial charge in [0.2, 0.25) is 5.89 Å². The SMILES string of the molecule is CC(C)C(NC(=O)c1ccco1)c1nc(C2(N)CCC2)no1.Cl. The van der Waals surface area contributed by atoms with Gasteiger partial charge in [-0.15, -0.1) is 12.4 Å². The second kappa shape index (κ2) is 6.72. The molecule has 3 rings (SSSR count).